The van der Waals surface area contributed by atoms with E-state index >= 15 is 0 Å². The summed E-state index contributed by atoms with van der Waals surface area (Å²) in [6, 6.07) is 3.47. The molecule has 0 saturated carbocycles. The van der Waals surface area contributed by atoms with Crippen LogP contribution in [0.4, 0.5) is 0 Å². The lowest BCUT2D eigenvalue weighted by Gasteiger charge is -2.27. The van der Waals surface area contributed by atoms with Crippen LogP contribution in [0.1, 0.15) is 122 Å². The van der Waals surface area contributed by atoms with E-state index in [4.69, 9.17) is 34.1 Å². The Morgan fingerprint density at radius 2 is 0.983 bits per heavy atom. The fraction of sp³-hybridized carbons (Fsp3) is 0.494. The molecule has 0 radical (unpaired) electrons. The third-order valence-corrected chi connectivity index (χ3v) is 19.4. The van der Waals surface area contributed by atoms with Crippen LogP contribution in [0.25, 0.3) is 10.9 Å². The summed E-state index contributed by atoms with van der Waals surface area (Å²) < 4.78 is 0. The molecular formula is C77H110N22O19S. The van der Waals surface area contributed by atoms with E-state index in [1.165, 1.54) is 43.0 Å². The van der Waals surface area contributed by atoms with E-state index in [-0.39, 0.29) is 82.4 Å². The van der Waals surface area contributed by atoms with Gasteiger partial charge < -0.3 is 119 Å². The lowest BCUT2D eigenvalue weighted by atomic mass is 10.0. The number of aromatic amines is 1. The second-order valence-electron chi connectivity index (χ2n) is 29.3. The molecule has 41 nitrogen and oxygen atoms in total. The van der Waals surface area contributed by atoms with Gasteiger partial charge >= 0.3 is 0 Å². The monoisotopic (exact) mass is 1680 g/mol. The maximum absolute atomic E-state index is 14.7. The number of carbonyl (C=O) groups excluding carboxylic acids is 18. The maximum atomic E-state index is 14.7. The van der Waals surface area contributed by atoms with Crippen molar-refractivity contribution >= 4 is 135 Å². The van der Waals surface area contributed by atoms with Crippen LogP contribution in [0, 0.1) is 17.2 Å². The van der Waals surface area contributed by atoms with E-state index in [2.05, 4.69) is 84.7 Å². The van der Waals surface area contributed by atoms with Gasteiger partial charge in [0.1, 0.15) is 78.3 Å². The molecule has 1 aromatic heterocycles. The van der Waals surface area contributed by atoms with Crippen LogP contribution >= 0.6 is 11.8 Å². The quantitative estimate of drug-likeness (QED) is 0.0111. The predicted molar refractivity (Wildman–Crippen MR) is 434 cm³/mol. The first-order valence-corrected chi connectivity index (χ1v) is 40.0. The Bertz CT molecular complexity index is 4280. The molecule has 119 heavy (non-hydrogen) atoms. The molecule has 4 aromatic rings. The average Bonchev–Trinajstić information content (AvgIpc) is 1.69. The van der Waals surface area contributed by atoms with E-state index in [1.807, 2.05) is 20.1 Å². The van der Waals surface area contributed by atoms with Gasteiger partial charge in [-0.3, -0.25) is 91.7 Å². The summed E-state index contributed by atoms with van der Waals surface area (Å²) in [6.07, 6.45) is 0.137. The van der Waals surface area contributed by atoms with Gasteiger partial charge in [-0.2, -0.15) is 11.8 Å². The predicted octanol–water partition coefficient (Wildman–Crippen LogP) is -5.62. The average molecular weight is 1680 g/mol. The Balaban J connectivity index is 1.32. The number of primary amides is 4. The summed E-state index contributed by atoms with van der Waals surface area (Å²) in [5.74, 6) is -17.5. The molecule has 28 N–H and O–H groups in total. The lowest BCUT2D eigenvalue weighted by molar-refractivity contribution is -0.136. The zero-order chi connectivity index (χ0) is 88.2. The number of rotatable bonds is 51. The van der Waals surface area contributed by atoms with Crippen LogP contribution in [-0.4, -0.2) is 227 Å². The number of carbonyl (C=O) groups is 18. The van der Waals surface area contributed by atoms with Gasteiger partial charge in [-0.05, 0) is 111 Å². The first kappa shape index (κ1) is 96.7. The molecule has 0 bridgehead atoms. The van der Waals surface area contributed by atoms with E-state index in [9.17, 15) is 91.4 Å². The summed E-state index contributed by atoms with van der Waals surface area (Å²) in [5, 5.41) is 55.8. The van der Waals surface area contributed by atoms with Crippen LogP contribution in [0.3, 0.4) is 0 Å². The largest absolute Gasteiger partial charge is 0.508 e. The molecule has 3 aromatic carbocycles. The highest BCUT2D eigenvalue weighted by molar-refractivity contribution is 7.98. The Morgan fingerprint density at radius 3 is 1.53 bits per heavy atom. The van der Waals surface area contributed by atoms with E-state index in [0.717, 1.165) is 0 Å². The van der Waals surface area contributed by atoms with Crippen molar-refractivity contribution in [2.75, 3.05) is 31.6 Å². The maximum Gasteiger partial charge on any atom is 0.243 e. The Morgan fingerprint density at radius 1 is 0.496 bits per heavy atom. The number of fused-ring (bicyclic) bond motifs is 1. The Labute approximate surface area is 690 Å². The molecule has 42 heteroatoms. The summed E-state index contributed by atoms with van der Waals surface area (Å²) in [6.45, 7) is 6.35. The normalized spacial score (nSPS) is 15.1. The van der Waals surface area contributed by atoms with Crippen LogP contribution in [0.15, 0.2) is 85.1 Å². The minimum atomic E-state index is -1.94. The number of aromatic hydroxyl groups is 1. The zero-order valence-electron chi connectivity index (χ0n) is 67.0. The van der Waals surface area contributed by atoms with Crippen molar-refractivity contribution in [3.05, 3.63) is 102 Å². The van der Waals surface area contributed by atoms with Crippen molar-refractivity contribution in [2.45, 2.75) is 197 Å². The van der Waals surface area contributed by atoms with E-state index in [0.29, 0.717) is 33.3 Å². The molecular weight excluding hydrogens is 1570 g/mol. The number of aromatic nitrogens is 1. The number of hydrogen-bond acceptors (Lipinski definition) is 21. The number of hydrogen-bond donors (Lipinski definition) is 23. The first-order chi connectivity index (χ1) is 56.3. The number of benzene rings is 3. The minimum Gasteiger partial charge on any atom is -0.508 e. The molecule has 0 aliphatic carbocycles. The van der Waals surface area contributed by atoms with Crippen LogP contribution < -0.4 is 108 Å². The standard InChI is InChI=1S/C77H110N22O19S/c1-39(2)31-53(73(115)92-48(65(81)107)28-30-119-6)96-74(116)55(32-42-13-8-7-9-14-42)90-63(106)38-87-76(118)64(40(3)4)99-66(108)41(5)88-72(114)56(34-44-36-85-47-16-11-10-15-46(44)47)98-71(113)52(23-26-59(79)102)95-75(117)57(35-60(80)103)91-62(105)37-86-67(109)54(33-43-18-20-45(100)21-19-43)97-68(110)49(17-12-29-84-77(82)83)93-70(112)51(22-25-58(78)101)94-69(111)50-24-27-61(104)89-50/h7-11,13-16,18-21,36,39-41,48-57,64,85,100H,12,17,22-35,37-38H2,1-6H3,(H2,78,101)(H2,79,102)(H2,80,103)(H2,81,107)(H,86,109)(H,87,118)(H,88,114)(H,89,104)(H,90,106)(H,91,105)(H,92,115)(H,93,112)(H,94,111)(H,95,117)(H,96,116)(H,97,110)(H,98,113)(H,99,108)(H4,82,83,84). The first-order valence-electron chi connectivity index (χ1n) is 38.6. The zero-order valence-corrected chi connectivity index (χ0v) is 67.8. The van der Waals surface area contributed by atoms with Gasteiger partial charge in [-0.25, -0.2) is 0 Å². The van der Waals surface area contributed by atoms with Crippen molar-refractivity contribution in [2.24, 2.45) is 40.5 Å². The molecule has 18 amide bonds. The van der Waals surface area contributed by atoms with Crippen molar-refractivity contribution in [1.29, 1.82) is 5.41 Å². The van der Waals surface area contributed by atoms with Crippen molar-refractivity contribution in [3.63, 3.8) is 0 Å². The molecule has 0 spiro atoms. The van der Waals surface area contributed by atoms with Crippen LogP contribution in [0.2, 0.25) is 0 Å². The molecule has 1 fully saturated rings. The van der Waals surface area contributed by atoms with Gasteiger partial charge in [0.15, 0.2) is 5.96 Å². The molecule has 1 saturated heterocycles. The number of amides is 18. The summed E-state index contributed by atoms with van der Waals surface area (Å²) in [7, 11) is 0. The fourth-order valence-electron chi connectivity index (χ4n) is 12.4. The highest BCUT2D eigenvalue weighted by atomic mass is 32.2. The number of nitrogens with one attached hydrogen (secondary N) is 17. The smallest absolute Gasteiger partial charge is 0.243 e. The number of H-pyrrole nitrogens is 1. The molecule has 1 aliphatic rings. The van der Waals surface area contributed by atoms with Gasteiger partial charge in [-0.15, -0.1) is 0 Å². The van der Waals surface area contributed by atoms with E-state index in [1.54, 1.807) is 74.6 Å². The molecule has 648 valence electrons. The van der Waals surface area contributed by atoms with Gasteiger partial charge in [-0.1, -0.05) is 88.4 Å². The number of nitrogens with two attached hydrogens (primary N) is 5. The second-order valence-corrected chi connectivity index (χ2v) is 30.3. The minimum absolute atomic E-state index is 0.00115. The third kappa shape index (κ3) is 34.1. The second kappa shape index (κ2) is 48.6. The lowest BCUT2D eigenvalue weighted by Crippen LogP contribution is -2.60. The van der Waals surface area contributed by atoms with Crippen LogP contribution in [-0.2, 0) is 106 Å². The highest BCUT2D eigenvalue weighted by Crippen LogP contribution is 2.21. The van der Waals surface area contributed by atoms with Gasteiger partial charge in [0.25, 0.3) is 0 Å². The molecule has 1 aliphatic heterocycles. The van der Waals surface area contributed by atoms with Gasteiger partial charge in [0.05, 0.1) is 19.5 Å². The number of thioether (sulfide) groups is 1. The van der Waals surface area contributed by atoms with E-state index < -0.39 is 229 Å². The fourth-order valence-corrected chi connectivity index (χ4v) is 12.8. The summed E-state index contributed by atoms with van der Waals surface area (Å²) in [5.41, 5.74) is 29.5. The number of para-hydroxylation sites is 1. The topological polar surface area (TPSA) is 678 Å². The van der Waals surface area contributed by atoms with Gasteiger partial charge in [0, 0.05) is 62.2 Å². The van der Waals surface area contributed by atoms with Gasteiger partial charge in [0.2, 0.25) is 106 Å². The number of phenolic OH excluding ortho intramolecular Hbond substituents is 1. The highest BCUT2D eigenvalue weighted by Gasteiger charge is 2.38. The molecule has 12 unspecified atom stereocenters. The Kier molecular flexibility index (Phi) is 39.5. The molecule has 5 rings (SSSR count). The number of phenols is 1. The summed E-state index contributed by atoms with van der Waals surface area (Å²) >= 11 is 1.44. The van der Waals surface area contributed by atoms with Crippen molar-refractivity contribution in [3.8, 4) is 5.75 Å². The molecule has 2 heterocycles. The van der Waals surface area contributed by atoms with Crippen molar-refractivity contribution < 1.29 is 91.4 Å². The number of guanidine groups is 1. The third-order valence-electron chi connectivity index (χ3n) is 18.7. The van der Waals surface area contributed by atoms with Crippen LogP contribution in [0.5, 0.6) is 5.75 Å². The van der Waals surface area contributed by atoms with Crippen molar-refractivity contribution in [1.82, 2.24) is 84.7 Å². The summed E-state index contributed by atoms with van der Waals surface area (Å²) in [4.78, 5) is 247. The SMILES string of the molecule is CSCCC(NC(=O)C(CC(C)C)NC(=O)C(Cc1ccccc1)NC(=O)CNC(=O)C(NC(=O)C(C)NC(=O)C(Cc1c[nH]c2ccccc12)NC(=O)C(CCC(N)=O)NC(=O)C(CC(N)=O)NC(=O)CNC(=O)C(Cc1ccc(O)cc1)NC(=O)C(CCCNC(=N)N)NC(=O)C(CCC(N)=O)NC(=O)C1CCC(=O)N1)C(C)C)C(N)=O. The molecule has 12 atom stereocenters. The Hall–Kier alpha value is -12.9.